The molecule has 0 saturated carbocycles. The SMILES string of the molecule is c1ccc(C2c3ccccc3-c3cc4c5ccccc5n(-c5ccc([Si](c6ccccc6)(c6ccccc6)c6ccc(-n7c8ccccc8c8ccccc87)cc6)cc5)c4cc32)cc1. The van der Waals surface area contributed by atoms with Crippen molar-refractivity contribution >= 4 is 72.4 Å². The Morgan fingerprint density at radius 3 is 1.22 bits per heavy atom. The lowest BCUT2D eigenvalue weighted by atomic mass is 9.89. The van der Waals surface area contributed by atoms with Crippen LogP contribution in [0.1, 0.15) is 22.6 Å². The molecule has 0 amide bonds. The molecule has 0 aliphatic heterocycles. The second kappa shape index (κ2) is 14.6. The third-order valence-corrected chi connectivity index (χ3v) is 18.8. The average Bonchev–Trinajstić information content (AvgIpc) is 4.00. The molecule has 64 heavy (non-hydrogen) atoms. The second-order valence-corrected chi connectivity index (χ2v) is 21.0. The van der Waals surface area contributed by atoms with Gasteiger partial charge in [0.25, 0.3) is 0 Å². The first-order valence-electron chi connectivity index (χ1n) is 22.3. The van der Waals surface area contributed by atoms with Gasteiger partial charge >= 0.3 is 0 Å². The first-order valence-corrected chi connectivity index (χ1v) is 24.3. The summed E-state index contributed by atoms with van der Waals surface area (Å²) in [5.41, 5.74) is 13.9. The Labute approximate surface area is 373 Å². The highest BCUT2D eigenvalue weighted by Crippen LogP contribution is 2.50. The number of benzene rings is 10. The quantitative estimate of drug-likeness (QED) is 0.112. The minimum absolute atomic E-state index is 0.176. The van der Waals surface area contributed by atoms with Gasteiger partial charge in [0.05, 0.1) is 22.1 Å². The summed E-state index contributed by atoms with van der Waals surface area (Å²) in [6.07, 6.45) is 0. The van der Waals surface area contributed by atoms with E-state index in [1.54, 1.807) is 0 Å². The minimum Gasteiger partial charge on any atom is -0.309 e. The zero-order valence-electron chi connectivity index (χ0n) is 35.1. The molecule has 300 valence electrons. The lowest BCUT2D eigenvalue weighted by Crippen LogP contribution is -2.74. The monoisotopic (exact) mass is 830 g/mol. The smallest absolute Gasteiger partial charge is 0.179 e. The molecule has 12 aromatic rings. The summed E-state index contributed by atoms with van der Waals surface area (Å²) >= 11 is 0. The molecule has 2 heterocycles. The van der Waals surface area contributed by atoms with Crippen LogP contribution in [-0.2, 0) is 0 Å². The van der Waals surface area contributed by atoms with Crippen LogP contribution >= 0.6 is 0 Å². The van der Waals surface area contributed by atoms with E-state index in [0.717, 1.165) is 11.4 Å². The van der Waals surface area contributed by atoms with Crippen molar-refractivity contribution in [1.29, 1.82) is 0 Å². The van der Waals surface area contributed by atoms with Gasteiger partial charge in [0.2, 0.25) is 0 Å². The molecule has 1 atom stereocenters. The normalized spacial score (nSPS) is 13.5. The fourth-order valence-corrected chi connectivity index (χ4v) is 16.0. The predicted octanol–water partition coefficient (Wildman–Crippen LogP) is 12.4. The average molecular weight is 831 g/mol. The first kappa shape index (κ1) is 36.7. The van der Waals surface area contributed by atoms with Crippen LogP contribution in [0, 0.1) is 0 Å². The Bertz CT molecular complexity index is 3610. The maximum atomic E-state index is 2.49. The summed E-state index contributed by atoms with van der Waals surface area (Å²) in [5, 5.41) is 10.5. The van der Waals surface area contributed by atoms with Crippen molar-refractivity contribution in [1.82, 2.24) is 9.13 Å². The van der Waals surface area contributed by atoms with Crippen molar-refractivity contribution in [2.75, 3.05) is 0 Å². The number of para-hydroxylation sites is 3. The van der Waals surface area contributed by atoms with Crippen LogP contribution in [-0.4, -0.2) is 17.2 Å². The molecule has 1 aliphatic carbocycles. The molecule has 13 rings (SSSR count). The van der Waals surface area contributed by atoms with Crippen molar-refractivity contribution in [2.24, 2.45) is 0 Å². The van der Waals surface area contributed by atoms with E-state index in [-0.39, 0.29) is 5.92 Å². The van der Waals surface area contributed by atoms with Crippen LogP contribution in [0.15, 0.2) is 249 Å². The first-order chi connectivity index (χ1) is 31.8. The highest BCUT2D eigenvalue weighted by Gasteiger charge is 2.41. The highest BCUT2D eigenvalue weighted by atomic mass is 28.3. The molecule has 2 nitrogen and oxygen atoms in total. The van der Waals surface area contributed by atoms with Crippen LogP contribution in [0.4, 0.5) is 0 Å². The van der Waals surface area contributed by atoms with Crippen LogP contribution in [0.3, 0.4) is 0 Å². The van der Waals surface area contributed by atoms with Gasteiger partial charge in [-0.15, -0.1) is 0 Å². The van der Waals surface area contributed by atoms with E-state index >= 15 is 0 Å². The van der Waals surface area contributed by atoms with E-state index < -0.39 is 8.07 Å². The van der Waals surface area contributed by atoms with Gasteiger partial charge in [-0.2, -0.15) is 0 Å². The lowest BCUT2D eigenvalue weighted by molar-refractivity contribution is 1.01. The topological polar surface area (TPSA) is 9.86 Å². The van der Waals surface area contributed by atoms with Gasteiger partial charge in [-0.1, -0.05) is 194 Å². The molecular formula is C61H42N2Si. The number of rotatable bonds is 7. The lowest BCUT2D eigenvalue weighted by Gasteiger charge is -2.34. The summed E-state index contributed by atoms with van der Waals surface area (Å²) in [4.78, 5) is 0. The molecule has 0 fully saturated rings. The van der Waals surface area contributed by atoms with Crippen LogP contribution < -0.4 is 20.7 Å². The third-order valence-electron chi connectivity index (χ3n) is 14.0. The van der Waals surface area contributed by atoms with E-state index in [1.807, 2.05) is 0 Å². The van der Waals surface area contributed by atoms with E-state index in [9.17, 15) is 0 Å². The molecule has 0 radical (unpaired) electrons. The number of hydrogen-bond acceptors (Lipinski definition) is 0. The summed E-state index contributed by atoms with van der Waals surface area (Å²) in [5.74, 6) is 0.176. The third kappa shape index (κ3) is 5.38. The van der Waals surface area contributed by atoms with Gasteiger partial charge < -0.3 is 9.13 Å². The summed E-state index contributed by atoms with van der Waals surface area (Å²) in [6.45, 7) is 0. The Kier molecular flexibility index (Phi) is 8.34. The van der Waals surface area contributed by atoms with Gasteiger partial charge in [-0.3, -0.25) is 0 Å². The van der Waals surface area contributed by atoms with Crippen molar-refractivity contribution in [2.45, 2.75) is 5.92 Å². The van der Waals surface area contributed by atoms with Crippen LogP contribution in [0.2, 0.25) is 0 Å². The fraction of sp³-hybridized carbons (Fsp3) is 0.0164. The largest absolute Gasteiger partial charge is 0.309 e. The maximum Gasteiger partial charge on any atom is 0.179 e. The molecule has 10 aromatic carbocycles. The zero-order chi connectivity index (χ0) is 42.2. The van der Waals surface area contributed by atoms with Gasteiger partial charge in [-0.05, 0) is 103 Å². The molecule has 0 spiro atoms. The zero-order valence-corrected chi connectivity index (χ0v) is 36.1. The second-order valence-electron chi connectivity index (χ2n) is 17.2. The molecule has 1 unspecified atom stereocenters. The van der Waals surface area contributed by atoms with Crippen molar-refractivity contribution in [3.8, 4) is 22.5 Å². The van der Waals surface area contributed by atoms with Gasteiger partial charge in [-0.25, -0.2) is 0 Å². The molecule has 0 N–H and O–H groups in total. The number of aromatic nitrogens is 2. The van der Waals surface area contributed by atoms with Gasteiger partial charge in [0.1, 0.15) is 0 Å². The standard InChI is InChI=1S/C61H42N2Si/c1-4-18-42(19-5-1)61-53-28-11-10-24-49(53)54-40-55-52-27-14-17-31-59(52)63(60(55)41-56(54)61)44-34-38-48(39-35-44)64(45-20-6-2-7-21-45,46-22-8-3-9-23-46)47-36-32-43(33-37-47)62-57-29-15-12-25-50(57)51-26-13-16-30-58(51)62/h1-41,61H. The summed E-state index contributed by atoms with van der Waals surface area (Å²) in [7, 11) is -2.85. The van der Waals surface area contributed by atoms with Gasteiger partial charge in [0.15, 0.2) is 8.07 Å². The number of fused-ring (bicyclic) bond motifs is 9. The van der Waals surface area contributed by atoms with E-state index in [1.165, 1.54) is 92.2 Å². The van der Waals surface area contributed by atoms with Crippen molar-refractivity contribution in [3.05, 3.63) is 265 Å². The van der Waals surface area contributed by atoms with E-state index in [2.05, 4.69) is 258 Å². The van der Waals surface area contributed by atoms with Crippen LogP contribution in [0.5, 0.6) is 0 Å². The van der Waals surface area contributed by atoms with Crippen molar-refractivity contribution < 1.29 is 0 Å². The fourth-order valence-electron chi connectivity index (χ4n) is 11.2. The summed E-state index contributed by atoms with van der Waals surface area (Å²) < 4.78 is 4.91. The highest BCUT2D eigenvalue weighted by molar-refractivity contribution is 7.19. The molecule has 1 aliphatic rings. The Morgan fingerprint density at radius 2 is 0.688 bits per heavy atom. The molecule has 0 bridgehead atoms. The van der Waals surface area contributed by atoms with Gasteiger partial charge in [0, 0.05) is 38.8 Å². The molecule has 2 aromatic heterocycles. The summed E-state index contributed by atoms with van der Waals surface area (Å²) in [6, 6.07) is 93.0. The molecule has 3 heteroatoms. The Morgan fingerprint density at radius 1 is 0.281 bits per heavy atom. The number of nitrogens with zero attached hydrogens (tertiary/aromatic N) is 2. The Hall–Kier alpha value is -7.98. The minimum atomic E-state index is -2.85. The Balaban J connectivity index is 1.00. The van der Waals surface area contributed by atoms with E-state index in [0.29, 0.717) is 0 Å². The molecule has 0 saturated heterocycles. The van der Waals surface area contributed by atoms with Crippen LogP contribution in [0.25, 0.3) is 66.1 Å². The molecular weight excluding hydrogens is 789 g/mol. The maximum absolute atomic E-state index is 2.85. The van der Waals surface area contributed by atoms with Crippen molar-refractivity contribution in [3.63, 3.8) is 0 Å². The van der Waals surface area contributed by atoms with E-state index in [4.69, 9.17) is 0 Å². The predicted molar refractivity (Wildman–Crippen MR) is 272 cm³/mol. The number of hydrogen-bond donors (Lipinski definition) is 0.